The van der Waals surface area contributed by atoms with Crippen molar-refractivity contribution in [3.8, 4) is 0 Å². The summed E-state index contributed by atoms with van der Waals surface area (Å²) in [6.07, 6.45) is 15.0. The highest BCUT2D eigenvalue weighted by Crippen LogP contribution is 2.69. The first-order valence-corrected chi connectivity index (χ1v) is 12.5. The average Bonchev–Trinajstić information content (AvgIpc) is 3.11. The minimum absolute atomic E-state index is 0.0651. The maximum atomic E-state index is 12.0. The van der Waals surface area contributed by atoms with Crippen molar-refractivity contribution in [1.82, 2.24) is 0 Å². The number of carbonyl (C=O) groups is 1. The number of fused-ring (bicyclic) bond motifs is 4. The molecule has 1 N–H and O–H groups in total. The van der Waals surface area contributed by atoms with Crippen LogP contribution >= 0.6 is 0 Å². The van der Waals surface area contributed by atoms with Gasteiger partial charge in [0.1, 0.15) is 0 Å². The molecule has 8 atom stereocenters. The third kappa shape index (κ3) is 2.87. The molecule has 1 spiro atoms. The topological polar surface area (TPSA) is 46.5 Å². The minimum Gasteiger partial charge on any atom is -0.365 e. The Balaban J connectivity index is 1.40. The summed E-state index contributed by atoms with van der Waals surface area (Å²) in [4.78, 5) is 12.0. The van der Waals surface area contributed by atoms with Crippen LogP contribution in [0.15, 0.2) is 23.8 Å². The van der Waals surface area contributed by atoms with Gasteiger partial charge in [-0.25, -0.2) is 0 Å². The van der Waals surface area contributed by atoms with E-state index in [0.717, 1.165) is 31.8 Å². The van der Waals surface area contributed by atoms with Crippen molar-refractivity contribution in [3.05, 3.63) is 23.8 Å². The first kappa shape index (κ1) is 20.9. The summed E-state index contributed by atoms with van der Waals surface area (Å²) in [5, 5.41) is 11.4. The summed E-state index contributed by atoms with van der Waals surface area (Å²) in [5.74, 6) is 2.71. The standard InChI is InChI=1S/C27H40O3/c1-17(2)9-14-27(29)18(3)22-7-8-24-21-6-5-19-15-20(28)10-12-25(19,4)23(21)11-13-26(22,24)16-30-27/h10,12,15,17-18,21-24,29H,5-9,11,13-14,16H2,1-4H3/t18-,21?,22?,23?,24?,25-,26-,27+/m0/s1. The summed E-state index contributed by atoms with van der Waals surface area (Å²) in [7, 11) is 0. The molecule has 4 unspecified atom stereocenters. The molecule has 0 aromatic heterocycles. The van der Waals surface area contributed by atoms with E-state index in [1.54, 1.807) is 0 Å². The lowest BCUT2D eigenvalue weighted by atomic mass is 9.46. The number of hydrogen-bond acceptors (Lipinski definition) is 3. The van der Waals surface area contributed by atoms with Gasteiger partial charge in [0.05, 0.1) is 6.61 Å². The van der Waals surface area contributed by atoms with Crippen molar-refractivity contribution >= 4 is 5.78 Å². The predicted molar refractivity (Wildman–Crippen MR) is 119 cm³/mol. The third-order valence-electron chi connectivity index (χ3n) is 10.3. The smallest absolute Gasteiger partial charge is 0.178 e. The Kier molecular flexibility index (Phi) is 4.91. The highest BCUT2D eigenvalue weighted by Gasteiger charge is 2.65. The Morgan fingerprint density at radius 2 is 1.93 bits per heavy atom. The van der Waals surface area contributed by atoms with Gasteiger partial charge in [0.15, 0.2) is 11.6 Å². The average molecular weight is 413 g/mol. The van der Waals surface area contributed by atoms with Crippen LogP contribution in [0.4, 0.5) is 0 Å². The maximum absolute atomic E-state index is 12.0. The molecule has 166 valence electrons. The van der Waals surface area contributed by atoms with Crippen LogP contribution in [0.5, 0.6) is 0 Å². The highest BCUT2D eigenvalue weighted by molar-refractivity contribution is 6.01. The normalized spacial score (nSPS) is 49.9. The van der Waals surface area contributed by atoms with Gasteiger partial charge in [-0.1, -0.05) is 39.3 Å². The Labute approximate surface area is 182 Å². The van der Waals surface area contributed by atoms with Crippen molar-refractivity contribution in [2.75, 3.05) is 6.61 Å². The molecule has 3 saturated carbocycles. The first-order chi connectivity index (χ1) is 14.2. The zero-order valence-corrected chi connectivity index (χ0v) is 19.3. The zero-order chi connectivity index (χ0) is 21.3. The van der Waals surface area contributed by atoms with Crippen LogP contribution < -0.4 is 0 Å². The molecule has 0 amide bonds. The second-order valence-electron chi connectivity index (χ2n) is 11.9. The van der Waals surface area contributed by atoms with Crippen molar-refractivity contribution in [2.24, 2.45) is 46.3 Å². The lowest BCUT2D eigenvalue weighted by Crippen LogP contribution is -2.59. The number of allylic oxidation sites excluding steroid dienone is 4. The van der Waals surface area contributed by atoms with Gasteiger partial charge in [-0.05, 0) is 86.7 Å². The molecule has 30 heavy (non-hydrogen) atoms. The predicted octanol–water partition coefficient (Wildman–Crippen LogP) is 5.68. The van der Waals surface area contributed by atoms with E-state index in [1.807, 2.05) is 12.2 Å². The fraction of sp³-hybridized carbons (Fsp3) is 0.815. The Bertz CT molecular complexity index is 781. The van der Waals surface area contributed by atoms with Gasteiger partial charge < -0.3 is 9.84 Å². The largest absolute Gasteiger partial charge is 0.365 e. The molecular formula is C27H40O3. The second kappa shape index (κ2) is 7.04. The van der Waals surface area contributed by atoms with Crippen LogP contribution in [0.1, 0.15) is 79.1 Å². The molecule has 0 aromatic carbocycles. The van der Waals surface area contributed by atoms with E-state index in [0.29, 0.717) is 23.7 Å². The Hall–Kier alpha value is -0.930. The van der Waals surface area contributed by atoms with Gasteiger partial charge in [-0.3, -0.25) is 4.79 Å². The van der Waals surface area contributed by atoms with Crippen molar-refractivity contribution < 1.29 is 14.6 Å². The number of rotatable bonds is 3. The van der Waals surface area contributed by atoms with Crippen LogP contribution in [0.25, 0.3) is 0 Å². The molecule has 5 aliphatic rings. The third-order valence-corrected chi connectivity index (χ3v) is 10.3. The molecule has 0 aromatic rings. The number of carbonyl (C=O) groups excluding carboxylic acids is 1. The number of ether oxygens (including phenoxy) is 1. The summed E-state index contributed by atoms with van der Waals surface area (Å²) >= 11 is 0. The number of ketones is 1. The molecule has 1 saturated heterocycles. The molecular weight excluding hydrogens is 372 g/mol. The van der Waals surface area contributed by atoms with E-state index in [-0.39, 0.29) is 22.5 Å². The van der Waals surface area contributed by atoms with Crippen LogP contribution in [-0.4, -0.2) is 23.3 Å². The van der Waals surface area contributed by atoms with E-state index < -0.39 is 5.79 Å². The molecule has 0 radical (unpaired) electrons. The van der Waals surface area contributed by atoms with E-state index in [4.69, 9.17) is 4.74 Å². The number of hydrogen-bond donors (Lipinski definition) is 1. The summed E-state index contributed by atoms with van der Waals surface area (Å²) in [5.41, 5.74) is 1.70. The molecule has 3 nitrogen and oxygen atoms in total. The van der Waals surface area contributed by atoms with Crippen LogP contribution in [0, 0.1) is 46.3 Å². The van der Waals surface area contributed by atoms with Gasteiger partial charge in [0, 0.05) is 23.2 Å². The molecule has 3 heteroatoms. The molecule has 5 rings (SSSR count). The van der Waals surface area contributed by atoms with E-state index in [1.165, 1.54) is 37.7 Å². The summed E-state index contributed by atoms with van der Waals surface area (Å²) < 4.78 is 6.41. The van der Waals surface area contributed by atoms with Gasteiger partial charge >= 0.3 is 0 Å². The van der Waals surface area contributed by atoms with Gasteiger partial charge in [0.2, 0.25) is 0 Å². The van der Waals surface area contributed by atoms with E-state index >= 15 is 0 Å². The molecule has 4 fully saturated rings. The molecule has 0 bridgehead atoms. The van der Waals surface area contributed by atoms with Gasteiger partial charge in [-0.15, -0.1) is 0 Å². The minimum atomic E-state index is -0.938. The van der Waals surface area contributed by atoms with E-state index in [9.17, 15) is 9.90 Å². The van der Waals surface area contributed by atoms with Crippen molar-refractivity contribution in [2.45, 2.75) is 84.8 Å². The summed E-state index contributed by atoms with van der Waals surface area (Å²) in [6, 6.07) is 0. The SMILES string of the molecule is CC(C)CC[C@@]1(O)OC[C@]23CCC4C(CCC5=CC(=O)C=C[C@@]54C)C2CCC3[C@@H]1C. The lowest BCUT2D eigenvalue weighted by Gasteiger charge is -2.61. The van der Waals surface area contributed by atoms with Gasteiger partial charge in [-0.2, -0.15) is 0 Å². The Morgan fingerprint density at radius 1 is 1.17 bits per heavy atom. The monoisotopic (exact) mass is 412 g/mol. The fourth-order valence-corrected chi connectivity index (χ4v) is 8.58. The van der Waals surface area contributed by atoms with Gasteiger partial charge in [0.25, 0.3) is 0 Å². The fourth-order valence-electron chi connectivity index (χ4n) is 8.58. The van der Waals surface area contributed by atoms with Crippen LogP contribution in [0.3, 0.4) is 0 Å². The van der Waals surface area contributed by atoms with Crippen molar-refractivity contribution in [3.63, 3.8) is 0 Å². The summed E-state index contributed by atoms with van der Waals surface area (Å²) in [6.45, 7) is 9.85. The molecule has 4 aliphatic carbocycles. The van der Waals surface area contributed by atoms with Crippen LogP contribution in [-0.2, 0) is 9.53 Å². The quantitative estimate of drug-likeness (QED) is 0.648. The zero-order valence-electron chi connectivity index (χ0n) is 19.3. The molecule has 1 heterocycles. The lowest BCUT2D eigenvalue weighted by molar-refractivity contribution is -0.312. The Morgan fingerprint density at radius 3 is 2.70 bits per heavy atom. The number of aliphatic hydroxyl groups is 1. The second-order valence-corrected chi connectivity index (χ2v) is 11.9. The maximum Gasteiger partial charge on any atom is 0.178 e. The van der Waals surface area contributed by atoms with Crippen LogP contribution in [0.2, 0.25) is 0 Å². The highest BCUT2D eigenvalue weighted by atomic mass is 16.6. The molecule has 1 aliphatic heterocycles. The van der Waals surface area contributed by atoms with E-state index in [2.05, 4.69) is 33.8 Å². The first-order valence-electron chi connectivity index (χ1n) is 12.5. The van der Waals surface area contributed by atoms with Crippen molar-refractivity contribution in [1.29, 1.82) is 0 Å².